The summed E-state index contributed by atoms with van der Waals surface area (Å²) in [4.78, 5) is 23.0. The van der Waals surface area contributed by atoms with Crippen molar-refractivity contribution in [2.75, 3.05) is 13.2 Å². The van der Waals surface area contributed by atoms with Gasteiger partial charge in [0.25, 0.3) is 0 Å². The lowest BCUT2D eigenvalue weighted by atomic mass is 9.46. The van der Waals surface area contributed by atoms with Crippen LogP contribution in [0.3, 0.4) is 0 Å². The van der Waals surface area contributed by atoms with Crippen LogP contribution in [0, 0.1) is 11.3 Å². The third-order valence-corrected chi connectivity index (χ3v) is 5.05. The summed E-state index contributed by atoms with van der Waals surface area (Å²) in [6.07, 6.45) is 0.227. The molecule has 21 heavy (non-hydrogen) atoms. The number of aliphatic hydroxyl groups is 1. The Hall–Kier alpha value is -1.18. The smallest absolute Gasteiger partial charge is 0.332 e. The number of aliphatic hydroxyl groups excluding tert-OH is 1. The number of carbonyl (C=O) groups excluding carboxylic acids is 1. The van der Waals surface area contributed by atoms with Gasteiger partial charge in [0.1, 0.15) is 5.54 Å². The minimum atomic E-state index is -1.47. The number of amides is 1. The summed E-state index contributed by atoms with van der Waals surface area (Å²) >= 11 is 0. The van der Waals surface area contributed by atoms with Crippen molar-refractivity contribution in [1.29, 1.82) is 0 Å². The molecule has 7 heteroatoms. The van der Waals surface area contributed by atoms with Crippen LogP contribution in [0.5, 0.6) is 0 Å². The average Bonchev–Trinajstić information content (AvgIpc) is 2.45. The summed E-state index contributed by atoms with van der Waals surface area (Å²) in [6, 6.07) is 0. The van der Waals surface area contributed by atoms with E-state index in [9.17, 15) is 14.7 Å². The van der Waals surface area contributed by atoms with Crippen molar-refractivity contribution in [3.05, 3.63) is 0 Å². The number of nitrogens with one attached hydrogen (secondary N) is 1. The van der Waals surface area contributed by atoms with Crippen molar-refractivity contribution >= 4 is 11.9 Å². The van der Waals surface area contributed by atoms with Gasteiger partial charge in [-0.3, -0.25) is 4.79 Å². The molecule has 0 spiro atoms. The summed E-state index contributed by atoms with van der Waals surface area (Å²) in [7, 11) is 0. The number of hydrogen-bond donors (Lipinski definition) is 4. The molecule has 1 amide bonds. The number of carbonyl (C=O) groups is 2. The molecule has 0 aromatic heterocycles. The van der Waals surface area contributed by atoms with Gasteiger partial charge in [0.05, 0.1) is 6.10 Å². The predicted molar refractivity (Wildman–Crippen MR) is 74.4 cm³/mol. The van der Waals surface area contributed by atoms with Crippen molar-refractivity contribution in [2.45, 2.75) is 50.9 Å². The normalized spacial score (nSPS) is 35.2. The number of carboxylic acid groups (broad SMARTS) is 1. The average molecular weight is 300 g/mol. The lowest BCUT2D eigenvalue weighted by Gasteiger charge is -2.65. The first-order chi connectivity index (χ1) is 9.73. The van der Waals surface area contributed by atoms with Gasteiger partial charge in [-0.2, -0.15) is 0 Å². The van der Waals surface area contributed by atoms with Gasteiger partial charge in [0, 0.05) is 30.9 Å². The molecule has 4 atom stereocenters. The molecule has 2 rings (SSSR count). The molecule has 1 saturated carbocycles. The highest BCUT2D eigenvalue weighted by molar-refractivity contribution is 5.89. The Kier molecular flexibility index (Phi) is 4.28. The van der Waals surface area contributed by atoms with Crippen LogP contribution in [0.25, 0.3) is 0 Å². The topological polar surface area (TPSA) is 122 Å². The standard InChI is InChI=1S/C14H24N2O5/c1-13(2)10-8(4-3-7-21-10)14(13,15)12(20)16-6-5-9(17)11(18)19/h8-10,17H,3-7,15H2,1-2H3,(H,16,20)(H,18,19)/t8?,9-,10?,14?/m0/s1. The van der Waals surface area contributed by atoms with Crippen molar-refractivity contribution in [2.24, 2.45) is 17.1 Å². The first kappa shape index (κ1) is 16.2. The van der Waals surface area contributed by atoms with Crippen LogP contribution in [-0.2, 0) is 14.3 Å². The van der Waals surface area contributed by atoms with Crippen LogP contribution in [0.2, 0.25) is 0 Å². The number of hydrogen-bond acceptors (Lipinski definition) is 5. The predicted octanol–water partition coefficient (Wildman–Crippen LogP) is -0.529. The molecule has 0 bridgehead atoms. The zero-order valence-electron chi connectivity index (χ0n) is 12.5. The van der Waals surface area contributed by atoms with Crippen LogP contribution < -0.4 is 11.1 Å². The van der Waals surface area contributed by atoms with Crippen molar-refractivity contribution in [3.63, 3.8) is 0 Å². The van der Waals surface area contributed by atoms with Gasteiger partial charge < -0.3 is 26.0 Å². The molecule has 0 aromatic carbocycles. The minimum Gasteiger partial charge on any atom is -0.479 e. The number of fused-ring (bicyclic) bond motifs is 1. The van der Waals surface area contributed by atoms with Crippen molar-refractivity contribution in [1.82, 2.24) is 5.32 Å². The molecule has 1 heterocycles. The fourth-order valence-corrected chi connectivity index (χ4v) is 3.63. The second kappa shape index (κ2) is 5.55. The third kappa shape index (κ3) is 2.43. The second-order valence-electron chi connectivity index (χ2n) is 6.53. The molecular weight excluding hydrogens is 276 g/mol. The van der Waals surface area contributed by atoms with E-state index in [4.69, 9.17) is 15.6 Å². The highest BCUT2D eigenvalue weighted by Crippen LogP contribution is 2.57. The van der Waals surface area contributed by atoms with E-state index < -0.39 is 23.0 Å². The van der Waals surface area contributed by atoms with Gasteiger partial charge in [0.2, 0.25) is 5.91 Å². The first-order valence-electron chi connectivity index (χ1n) is 7.32. The molecule has 3 unspecified atom stereocenters. The van der Waals surface area contributed by atoms with E-state index in [-0.39, 0.29) is 30.9 Å². The van der Waals surface area contributed by atoms with Crippen molar-refractivity contribution in [3.8, 4) is 0 Å². The molecule has 2 aliphatic rings. The molecule has 5 N–H and O–H groups in total. The molecule has 0 radical (unpaired) electrons. The Labute approximate surface area is 123 Å². The van der Waals surface area contributed by atoms with Crippen LogP contribution in [-0.4, -0.2) is 53.0 Å². The highest BCUT2D eigenvalue weighted by atomic mass is 16.5. The molecule has 1 aliphatic heterocycles. The number of rotatable bonds is 5. The number of carboxylic acids is 1. The maximum Gasteiger partial charge on any atom is 0.332 e. The summed E-state index contributed by atoms with van der Waals surface area (Å²) in [5.41, 5.74) is 4.91. The molecule has 0 aromatic rings. The van der Waals surface area contributed by atoms with E-state index in [1.807, 2.05) is 13.8 Å². The second-order valence-corrected chi connectivity index (χ2v) is 6.53. The Morgan fingerprint density at radius 1 is 1.48 bits per heavy atom. The van der Waals surface area contributed by atoms with E-state index in [1.165, 1.54) is 0 Å². The Morgan fingerprint density at radius 3 is 2.76 bits per heavy atom. The Morgan fingerprint density at radius 2 is 2.14 bits per heavy atom. The van der Waals surface area contributed by atoms with E-state index in [1.54, 1.807) is 0 Å². The molecule has 7 nitrogen and oxygen atoms in total. The summed E-state index contributed by atoms with van der Waals surface area (Å²) < 4.78 is 5.73. The number of ether oxygens (including phenoxy) is 1. The highest BCUT2D eigenvalue weighted by Gasteiger charge is 2.70. The van der Waals surface area contributed by atoms with Crippen LogP contribution in [0.1, 0.15) is 33.1 Å². The van der Waals surface area contributed by atoms with Crippen LogP contribution in [0.4, 0.5) is 0 Å². The molecule has 1 aliphatic carbocycles. The van der Waals surface area contributed by atoms with Gasteiger partial charge in [-0.1, -0.05) is 13.8 Å². The summed E-state index contributed by atoms with van der Waals surface area (Å²) in [6.45, 7) is 4.63. The quantitative estimate of drug-likeness (QED) is 0.541. The fraction of sp³-hybridized carbons (Fsp3) is 0.857. The summed E-state index contributed by atoms with van der Waals surface area (Å²) in [5, 5.41) is 20.5. The van der Waals surface area contributed by atoms with Gasteiger partial charge in [0.15, 0.2) is 6.10 Å². The maximum atomic E-state index is 12.4. The number of nitrogens with two attached hydrogens (primary N) is 1. The molecule has 2 fully saturated rings. The first-order valence-corrected chi connectivity index (χ1v) is 7.32. The lowest BCUT2D eigenvalue weighted by Crippen LogP contribution is -2.82. The van der Waals surface area contributed by atoms with E-state index in [2.05, 4.69) is 5.32 Å². The monoisotopic (exact) mass is 300 g/mol. The lowest BCUT2D eigenvalue weighted by molar-refractivity contribution is -0.225. The SMILES string of the molecule is CC1(C)C2OCCCC2C1(N)C(=O)NCC[C@H](O)C(=O)O. The largest absolute Gasteiger partial charge is 0.479 e. The van der Waals surface area contributed by atoms with Crippen LogP contribution >= 0.6 is 0 Å². The van der Waals surface area contributed by atoms with E-state index >= 15 is 0 Å². The zero-order chi connectivity index (χ0) is 15.8. The molecule has 1 saturated heterocycles. The van der Waals surface area contributed by atoms with Crippen molar-refractivity contribution < 1.29 is 24.5 Å². The number of aliphatic carboxylic acids is 1. The minimum absolute atomic E-state index is 0.00777. The molecular formula is C14H24N2O5. The fourth-order valence-electron chi connectivity index (χ4n) is 3.63. The third-order valence-electron chi connectivity index (χ3n) is 5.05. The van der Waals surface area contributed by atoms with Gasteiger partial charge in [-0.25, -0.2) is 4.79 Å². The zero-order valence-corrected chi connectivity index (χ0v) is 12.5. The molecule has 120 valence electrons. The van der Waals surface area contributed by atoms with Gasteiger partial charge in [-0.15, -0.1) is 0 Å². The van der Waals surface area contributed by atoms with E-state index in [0.717, 1.165) is 12.8 Å². The van der Waals surface area contributed by atoms with Gasteiger partial charge >= 0.3 is 5.97 Å². The Bertz CT molecular complexity index is 439. The van der Waals surface area contributed by atoms with E-state index in [0.29, 0.717) is 6.61 Å². The summed E-state index contributed by atoms with van der Waals surface area (Å²) in [5.74, 6) is -1.60. The van der Waals surface area contributed by atoms with Gasteiger partial charge in [-0.05, 0) is 12.8 Å². The maximum absolute atomic E-state index is 12.4. The Balaban J connectivity index is 1.96. The van der Waals surface area contributed by atoms with Crippen LogP contribution in [0.15, 0.2) is 0 Å².